The standard InChI is InChI=1S/C29H30N4O2/c1-33(21-6-5-12-22-10-3-2-4-11-22)26(34)18-17-24-15-9-20-31-28(24)29(35)32-25-16-7-13-23-14-8-19-30-27(23)25/h2-4,7-11,13-16,19-20H,5-6,12,17-18,21H2,1H3,(H,32,35). The van der Waals surface area contributed by atoms with Crippen LogP contribution in [-0.4, -0.2) is 40.3 Å². The molecule has 6 heteroatoms. The molecule has 35 heavy (non-hydrogen) atoms. The molecule has 0 radical (unpaired) electrons. The van der Waals surface area contributed by atoms with Gasteiger partial charge in [0, 0.05) is 37.8 Å². The van der Waals surface area contributed by atoms with Crippen LogP contribution in [0.25, 0.3) is 10.9 Å². The molecule has 0 fully saturated rings. The second-order valence-corrected chi connectivity index (χ2v) is 8.60. The number of unbranched alkanes of at least 4 members (excludes halogenated alkanes) is 1. The maximum Gasteiger partial charge on any atom is 0.274 e. The SMILES string of the molecule is CN(CCCCc1ccccc1)C(=O)CCc1cccnc1C(=O)Nc1cccc2cccnc12. The lowest BCUT2D eigenvalue weighted by atomic mass is 10.1. The fourth-order valence-corrected chi connectivity index (χ4v) is 4.11. The van der Waals surface area contributed by atoms with Crippen LogP contribution in [0.4, 0.5) is 5.69 Å². The van der Waals surface area contributed by atoms with Crippen LogP contribution in [0, 0.1) is 0 Å². The number of rotatable bonds is 10. The molecular formula is C29H30N4O2. The van der Waals surface area contributed by atoms with Crippen molar-refractivity contribution in [1.82, 2.24) is 14.9 Å². The van der Waals surface area contributed by atoms with Crippen LogP contribution in [0.5, 0.6) is 0 Å². The van der Waals surface area contributed by atoms with E-state index in [0.717, 1.165) is 42.3 Å². The van der Waals surface area contributed by atoms with Gasteiger partial charge in [-0.1, -0.05) is 54.6 Å². The van der Waals surface area contributed by atoms with Gasteiger partial charge in [0.15, 0.2) is 0 Å². The summed E-state index contributed by atoms with van der Waals surface area (Å²) < 4.78 is 0. The fraction of sp³-hybridized carbons (Fsp3) is 0.241. The van der Waals surface area contributed by atoms with Crippen LogP contribution in [0.3, 0.4) is 0 Å². The summed E-state index contributed by atoms with van der Waals surface area (Å²) in [6.07, 6.45) is 7.10. The second kappa shape index (κ2) is 11.9. The number of hydrogen-bond donors (Lipinski definition) is 1. The molecule has 2 heterocycles. The quantitative estimate of drug-likeness (QED) is 0.322. The largest absolute Gasteiger partial charge is 0.346 e. The van der Waals surface area contributed by atoms with Gasteiger partial charge in [-0.15, -0.1) is 0 Å². The summed E-state index contributed by atoms with van der Waals surface area (Å²) in [6, 6.07) is 23.5. The molecule has 0 aliphatic carbocycles. The molecule has 0 saturated heterocycles. The van der Waals surface area contributed by atoms with Gasteiger partial charge < -0.3 is 10.2 Å². The van der Waals surface area contributed by atoms with Crippen LogP contribution in [0.15, 0.2) is 85.2 Å². The average Bonchev–Trinajstić information content (AvgIpc) is 2.90. The first-order chi connectivity index (χ1) is 17.1. The number of fused-ring (bicyclic) bond motifs is 1. The van der Waals surface area contributed by atoms with E-state index in [0.29, 0.717) is 24.2 Å². The second-order valence-electron chi connectivity index (χ2n) is 8.60. The molecule has 0 aliphatic rings. The normalized spacial score (nSPS) is 10.8. The van der Waals surface area contributed by atoms with Gasteiger partial charge >= 0.3 is 0 Å². The molecule has 2 aromatic carbocycles. The number of carbonyl (C=O) groups is 2. The number of anilines is 1. The Labute approximate surface area is 206 Å². The maximum absolute atomic E-state index is 13.1. The van der Waals surface area contributed by atoms with Gasteiger partial charge in [0.05, 0.1) is 11.2 Å². The summed E-state index contributed by atoms with van der Waals surface area (Å²) >= 11 is 0. The zero-order chi connectivity index (χ0) is 24.5. The number of amides is 2. The molecule has 4 aromatic rings. The van der Waals surface area contributed by atoms with Crippen molar-refractivity contribution < 1.29 is 9.59 Å². The minimum atomic E-state index is -0.305. The molecule has 0 aliphatic heterocycles. The number of benzene rings is 2. The molecule has 6 nitrogen and oxygen atoms in total. The highest BCUT2D eigenvalue weighted by Gasteiger charge is 2.16. The number of nitrogens with one attached hydrogen (secondary N) is 1. The maximum atomic E-state index is 13.1. The van der Waals surface area contributed by atoms with Crippen molar-refractivity contribution in [3.8, 4) is 0 Å². The van der Waals surface area contributed by atoms with E-state index in [2.05, 4.69) is 39.6 Å². The van der Waals surface area contributed by atoms with Gasteiger partial charge in [-0.25, -0.2) is 0 Å². The van der Waals surface area contributed by atoms with E-state index in [1.807, 2.05) is 49.5 Å². The van der Waals surface area contributed by atoms with E-state index in [1.165, 1.54) is 5.56 Å². The lowest BCUT2D eigenvalue weighted by Crippen LogP contribution is -2.28. The molecular weight excluding hydrogens is 436 g/mol. The molecule has 1 N–H and O–H groups in total. The third-order valence-corrected chi connectivity index (χ3v) is 6.07. The highest BCUT2D eigenvalue weighted by Crippen LogP contribution is 2.22. The Kier molecular flexibility index (Phi) is 8.17. The van der Waals surface area contributed by atoms with Gasteiger partial charge in [-0.3, -0.25) is 19.6 Å². The predicted octanol–water partition coefficient (Wildman–Crippen LogP) is 5.30. The monoisotopic (exact) mass is 466 g/mol. The number of hydrogen-bond acceptors (Lipinski definition) is 4. The molecule has 4 rings (SSSR count). The Morgan fingerprint density at radius 3 is 2.46 bits per heavy atom. The number of aromatic nitrogens is 2. The van der Waals surface area contributed by atoms with Gasteiger partial charge in [0.25, 0.3) is 5.91 Å². The van der Waals surface area contributed by atoms with Crippen molar-refractivity contribution >= 4 is 28.4 Å². The molecule has 2 amide bonds. The van der Waals surface area contributed by atoms with Crippen molar-refractivity contribution in [1.29, 1.82) is 0 Å². The van der Waals surface area contributed by atoms with Crippen molar-refractivity contribution in [2.24, 2.45) is 0 Å². The summed E-state index contributed by atoms with van der Waals surface area (Å²) in [4.78, 5) is 36.2. The van der Waals surface area contributed by atoms with Gasteiger partial charge in [-0.05, 0) is 55.0 Å². The van der Waals surface area contributed by atoms with E-state index >= 15 is 0 Å². The molecule has 0 bridgehead atoms. The Bertz CT molecular complexity index is 1280. The summed E-state index contributed by atoms with van der Waals surface area (Å²) in [5, 5.41) is 3.89. The number of pyridine rings is 2. The molecule has 0 unspecified atom stereocenters. The minimum Gasteiger partial charge on any atom is -0.346 e. The Morgan fingerprint density at radius 1 is 0.829 bits per heavy atom. The summed E-state index contributed by atoms with van der Waals surface area (Å²) in [6.45, 7) is 0.722. The highest BCUT2D eigenvalue weighted by atomic mass is 16.2. The van der Waals surface area contributed by atoms with Crippen LogP contribution < -0.4 is 5.32 Å². The molecule has 178 valence electrons. The molecule has 0 saturated carbocycles. The fourth-order valence-electron chi connectivity index (χ4n) is 4.11. The molecule has 2 aromatic heterocycles. The van der Waals surface area contributed by atoms with Crippen LogP contribution in [0.1, 0.15) is 40.9 Å². The van der Waals surface area contributed by atoms with Crippen molar-refractivity contribution in [3.63, 3.8) is 0 Å². The van der Waals surface area contributed by atoms with Crippen molar-refractivity contribution in [2.75, 3.05) is 18.9 Å². The first-order valence-corrected chi connectivity index (χ1v) is 12.0. The zero-order valence-corrected chi connectivity index (χ0v) is 20.0. The van der Waals surface area contributed by atoms with Gasteiger partial charge in [0.1, 0.15) is 5.69 Å². The smallest absolute Gasteiger partial charge is 0.274 e. The van der Waals surface area contributed by atoms with Crippen LogP contribution in [0.2, 0.25) is 0 Å². The molecule has 0 atom stereocenters. The number of carbonyl (C=O) groups excluding carboxylic acids is 2. The van der Waals surface area contributed by atoms with Crippen molar-refractivity contribution in [3.05, 3.63) is 102 Å². The summed E-state index contributed by atoms with van der Waals surface area (Å²) in [7, 11) is 1.84. The van der Waals surface area contributed by atoms with Gasteiger partial charge in [-0.2, -0.15) is 0 Å². The zero-order valence-electron chi connectivity index (χ0n) is 20.0. The lowest BCUT2D eigenvalue weighted by molar-refractivity contribution is -0.129. The van der Waals surface area contributed by atoms with E-state index in [9.17, 15) is 9.59 Å². The van der Waals surface area contributed by atoms with Crippen molar-refractivity contribution in [2.45, 2.75) is 32.1 Å². The topological polar surface area (TPSA) is 75.2 Å². The van der Waals surface area contributed by atoms with Crippen LogP contribution >= 0.6 is 0 Å². The Hall–Kier alpha value is -4.06. The van der Waals surface area contributed by atoms with Gasteiger partial charge in [0.2, 0.25) is 5.91 Å². The summed E-state index contributed by atoms with van der Waals surface area (Å²) in [5.41, 5.74) is 3.77. The first kappa shape index (κ1) is 24.1. The lowest BCUT2D eigenvalue weighted by Gasteiger charge is -2.17. The summed E-state index contributed by atoms with van der Waals surface area (Å²) in [5.74, 6) is -0.237. The number of aryl methyl sites for hydroxylation is 2. The van der Waals surface area contributed by atoms with E-state index in [4.69, 9.17) is 0 Å². The average molecular weight is 467 g/mol. The third kappa shape index (κ3) is 6.51. The van der Waals surface area contributed by atoms with Crippen LogP contribution in [-0.2, 0) is 17.6 Å². The Balaban J connectivity index is 1.31. The van der Waals surface area contributed by atoms with E-state index < -0.39 is 0 Å². The third-order valence-electron chi connectivity index (χ3n) is 6.07. The highest BCUT2D eigenvalue weighted by molar-refractivity contribution is 6.08. The Morgan fingerprint density at radius 2 is 1.60 bits per heavy atom. The molecule has 0 spiro atoms. The number of nitrogens with zero attached hydrogens (tertiary/aromatic N) is 3. The van der Waals surface area contributed by atoms with E-state index in [-0.39, 0.29) is 11.8 Å². The van der Waals surface area contributed by atoms with E-state index in [1.54, 1.807) is 23.4 Å². The number of para-hydroxylation sites is 1. The first-order valence-electron chi connectivity index (χ1n) is 12.0. The minimum absolute atomic E-state index is 0.0678. The predicted molar refractivity (Wildman–Crippen MR) is 139 cm³/mol.